The lowest BCUT2D eigenvalue weighted by Crippen LogP contribution is -2.44. The molecule has 1 unspecified atom stereocenters. The standard InChI is InChI=1S/C20H25ClFN3O3S2/c1-24(2)18(19-4-3-11-29-19)13-23-20(26)14-7-9-25(10-8-14)30(27,28)15-5-6-17(22)16(21)12-15/h3-6,11-12,14,18H,7-10,13H2,1-2H3,(H,23,26). The summed E-state index contributed by atoms with van der Waals surface area (Å²) in [7, 11) is 0.176. The molecule has 0 bridgehead atoms. The predicted molar refractivity (Wildman–Crippen MR) is 117 cm³/mol. The lowest BCUT2D eigenvalue weighted by molar-refractivity contribution is -0.126. The highest BCUT2D eigenvalue weighted by atomic mass is 35.5. The Labute approximate surface area is 185 Å². The highest BCUT2D eigenvalue weighted by Gasteiger charge is 2.32. The maximum Gasteiger partial charge on any atom is 0.243 e. The first-order valence-electron chi connectivity index (χ1n) is 9.63. The Balaban J connectivity index is 1.57. The minimum Gasteiger partial charge on any atom is -0.354 e. The second-order valence-electron chi connectivity index (χ2n) is 7.49. The van der Waals surface area contributed by atoms with E-state index in [-0.39, 0.29) is 40.9 Å². The molecule has 1 aromatic carbocycles. The van der Waals surface area contributed by atoms with Gasteiger partial charge in [0.15, 0.2) is 0 Å². The minimum absolute atomic E-state index is 0.0402. The van der Waals surface area contributed by atoms with Crippen LogP contribution in [-0.2, 0) is 14.8 Å². The molecule has 2 aromatic rings. The number of carbonyl (C=O) groups excluding carboxylic acids is 1. The summed E-state index contributed by atoms with van der Waals surface area (Å²) in [4.78, 5) is 15.9. The Morgan fingerprint density at radius 2 is 2.03 bits per heavy atom. The monoisotopic (exact) mass is 473 g/mol. The van der Waals surface area contributed by atoms with Gasteiger partial charge in [-0.15, -0.1) is 11.3 Å². The van der Waals surface area contributed by atoms with Crippen LogP contribution in [0.4, 0.5) is 4.39 Å². The molecule has 1 aliphatic heterocycles. The second kappa shape index (κ2) is 9.74. The van der Waals surface area contributed by atoms with Crippen molar-refractivity contribution in [3.05, 3.63) is 51.4 Å². The van der Waals surface area contributed by atoms with Gasteiger partial charge in [-0.25, -0.2) is 12.8 Å². The Kier molecular flexibility index (Phi) is 7.52. The normalized spacial score (nSPS) is 17.2. The van der Waals surface area contributed by atoms with Crippen molar-refractivity contribution in [2.45, 2.75) is 23.8 Å². The molecule has 10 heteroatoms. The van der Waals surface area contributed by atoms with E-state index in [2.05, 4.69) is 10.2 Å². The third-order valence-electron chi connectivity index (χ3n) is 5.32. The number of sulfonamides is 1. The van der Waals surface area contributed by atoms with Crippen LogP contribution in [0.15, 0.2) is 40.6 Å². The Morgan fingerprint density at radius 1 is 1.33 bits per heavy atom. The number of hydrogen-bond donors (Lipinski definition) is 1. The van der Waals surface area contributed by atoms with Gasteiger partial charge in [0.2, 0.25) is 15.9 Å². The van der Waals surface area contributed by atoms with Crippen LogP contribution in [0, 0.1) is 11.7 Å². The summed E-state index contributed by atoms with van der Waals surface area (Å²) in [6, 6.07) is 7.51. The highest BCUT2D eigenvalue weighted by molar-refractivity contribution is 7.89. The molecule has 3 rings (SSSR count). The first-order valence-corrected chi connectivity index (χ1v) is 12.3. The topological polar surface area (TPSA) is 69.7 Å². The summed E-state index contributed by atoms with van der Waals surface area (Å²) in [5.41, 5.74) is 0. The number of nitrogens with zero attached hydrogens (tertiary/aromatic N) is 2. The van der Waals surface area contributed by atoms with E-state index in [1.807, 2.05) is 31.6 Å². The van der Waals surface area contributed by atoms with Gasteiger partial charge < -0.3 is 10.2 Å². The Bertz CT molecular complexity index is 975. The van der Waals surface area contributed by atoms with Gasteiger partial charge in [0, 0.05) is 30.4 Å². The van der Waals surface area contributed by atoms with E-state index in [0.717, 1.165) is 12.1 Å². The van der Waals surface area contributed by atoms with Gasteiger partial charge in [-0.05, 0) is 56.6 Å². The number of nitrogens with one attached hydrogen (secondary N) is 1. The van der Waals surface area contributed by atoms with E-state index in [1.54, 1.807) is 11.3 Å². The smallest absolute Gasteiger partial charge is 0.243 e. The van der Waals surface area contributed by atoms with Gasteiger partial charge in [-0.2, -0.15) is 4.31 Å². The van der Waals surface area contributed by atoms with Crippen LogP contribution >= 0.6 is 22.9 Å². The lowest BCUT2D eigenvalue weighted by Gasteiger charge is -2.31. The van der Waals surface area contributed by atoms with E-state index >= 15 is 0 Å². The fourth-order valence-corrected chi connectivity index (χ4v) is 6.17. The molecule has 1 fully saturated rings. The number of hydrogen-bond acceptors (Lipinski definition) is 5. The summed E-state index contributed by atoms with van der Waals surface area (Å²) < 4.78 is 40.3. The van der Waals surface area contributed by atoms with E-state index in [0.29, 0.717) is 19.4 Å². The average molecular weight is 474 g/mol. The van der Waals surface area contributed by atoms with Gasteiger partial charge in [-0.1, -0.05) is 17.7 Å². The first kappa shape index (κ1) is 23.1. The van der Waals surface area contributed by atoms with Gasteiger partial charge in [-0.3, -0.25) is 4.79 Å². The fourth-order valence-electron chi connectivity index (χ4n) is 3.50. The number of rotatable bonds is 7. The van der Waals surface area contributed by atoms with E-state index in [4.69, 9.17) is 11.6 Å². The summed E-state index contributed by atoms with van der Waals surface area (Å²) in [5.74, 6) is -0.954. The lowest BCUT2D eigenvalue weighted by atomic mass is 9.97. The minimum atomic E-state index is -3.77. The zero-order valence-electron chi connectivity index (χ0n) is 16.8. The molecule has 0 spiro atoms. The van der Waals surface area contributed by atoms with Crippen molar-refractivity contribution < 1.29 is 17.6 Å². The molecule has 1 N–H and O–H groups in total. The number of thiophene rings is 1. The number of carbonyl (C=O) groups is 1. The largest absolute Gasteiger partial charge is 0.354 e. The Hall–Kier alpha value is -1.52. The van der Waals surface area contributed by atoms with Crippen LogP contribution in [0.1, 0.15) is 23.8 Å². The number of piperidine rings is 1. The van der Waals surface area contributed by atoms with Crippen molar-refractivity contribution >= 4 is 38.9 Å². The Morgan fingerprint density at radius 3 is 2.60 bits per heavy atom. The molecule has 1 atom stereocenters. The molecule has 1 aromatic heterocycles. The molecule has 1 saturated heterocycles. The SMILES string of the molecule is CN(C)C(CNC(=O)C1CCN(S(=O)(=O)c2ccc(F)c(Cl)c2)CC1)c1cccs1. The molecule has 30 heavy (non-hydrogen) atoms. The van der Waals surface area contributed by atoms with Crippen molar-refractivity contribution in [1.29, 1.82) is 0 Å². The molecule has 0 saturated carbocycles. The van der Waals surface area contributed by atoms with Crippen LogP contribution in [-0.4, -0.2) is 57.3 Å². The predicted octanol–water partition coefficient (Wildman–Crippen LogP) is 3.36. The molecular weight excluding hydrogens is 449 g/mol. The maximum atomic E-state index is 13.4. The van der Waals surface area contributed by atoms with Crippen LogP contribution < -0.4 is 5.32 Å². The summed E-state index contributed by atoms with van der Waals surface area (Å²) in [5, 5.41) is 4.80. The molecular formula is C20H25ClFN3O3S2. The zero-order chi connectivity index (χ0) is 21.9. The highest BCUT2D eigenvalue weighted by Crippen LogP contribution is 2.27. The van der Waals surface area contributed by atoms with Crippen LogP contribution in [0.5, 0.6) is 0 Å². The molecule has 6 nitrogen and oxygen atoms in total. The zero-order valence-corrected chi connectivity index (χ0v) is 19.2. The quantitative estimate of drug-likeness (QED) is 0.669. The first-order chi connectivity index (χ1) is 14.2. The number of likely N-dealkylation sites (N-methyl/N-ethyl adjacent to an activating group) is 1. The van der Waals surface area contributed by atoms with Crippen molar-refractivity contribution in [2.75, 3.05) is 33.7 Å². The van der Waals surface area contributed by atoms with Crippen molar-refractivity contribution in [1.82, 2.24) is 14.5 Å². The van der Waals surface area contributed by atoms with E-state index < -0.39 is 15.8 Å². The molecule has 1 amide bonds. The maximum absolute atomic E-state index is 13.4. The summed E-state index contributed by atoms with van der Waals surface area (Å²) in [6.07, 6.45) is 0.872. The third kappa shape index (κ3) is 5.20. The molecule has 2 heterocycles. The fraction of sp³-hybridized carbons (Fsp3) is 0.450. The van der Waals surface area contributed by atoms with Gasteiger partial charge in [0.05, 0.1) is 16.0 Å². The van der Waals surface area contributed by atoms with Crippen molar-refractivity contribution in [3.8, 4) is 0 Å². The summed E-state index contributed by atoms with van der Waals surface area (Å²) in [6.45, 7) is 0.966. The van der Waals surface area contributed by atoms with Gasteiger partial charge >= 0.3 is 0 Å². The number of halogens is 2. The molecule has 0 aliphatic carbocycles. The van der Waals surface area contributed by atoms with Crippen molar-refractivity contribution in [2.24, 2.45) is 5.92 Å². The van der Waals surface area contributed by atoms with Gasteiger partial charge in [0.1, 0.15) is 5.82 Å². The third-order valence-corrected chi connectivity index (χ3v) is 8.48. The number of amides is 1. The van der Waals surface area contributed by atoms with Crippen LogP contribution in [0.2, 0.25) is 5.02 Å². The average Bonchev–Trinajstić information content (AvgIpc) is 3.24. The van der Waals surface area contributed by atoms with E-state index in [1.165, 1.54) is 15.2 Å². The van der Waals surface area contributed by atoms with E-state index in [9.17, 15) is 17.6 Å². The van der Waals surface area contributed by atoms with Crippen LogP contribution in [0.25, 0.3) is 0 Å². The van der Waals surface area contributed by atoms with Crippen LogP contribution in [0.3, 0.4) is 0 Å². The molecule has 164 valence electrons. The molecule has 0 radical (unpaired) electrons. The van der Waals surface area contributed by atoms with Crippen molar-refractivity contribution in [3.63, 3.8) is 0 Å². The van der Waals surface area contributed by atoms with Gasteiger partial charge in [0.25, 0.3) is 0 Å². The summed E-state index contributed by atoms with van der Waals surface area (Å²) >= 11 is 7.38. The second-order valence-corrected chi connectivity index (χ2v) is 10.8. The number of benzene rings is 1. The molecule has 1 aliphatic rings.